The van der Waals surface area contributed by atoms with Gasteiger partial charge in [0.25, 0.3) is 0 Å². The molecule has 84 valence electrons. The zero-order valence-electron chi connectivity index (χ0n) is 9.22. The molecule has 0 amide bonds. The maximum absolute atomic E-state index is 8.81. The zero-order valence-corrected chi connectivity index (χ0v) is 9.22. The summed E-state index contributed by atoms with van der Waals surface area (Å²) in [7, 11) is 0. The van der Waals surface area contributed by atoms with E-state index < -0.39 is 0 Å². The van der Waals surface area contributed by atoms with Crippen molar-refractivity contribution < 1.29 is 0 Å². The van der Waals surface area contributed by atoms with Crippen molar-refractivity contribution in [2.24, 2.45) is 0 Å². The normalized spacial score (nSPS) is 9.59. The summed E-state index contributed by atoms with van der Waals surface area (Å²) in [6.45, 7) is 0.669. The molecule has 0 fully saturated rings. The van der Waals surface area contributed by atoms with Crippen molar-refractivity contribution in [3.63, 3.8) is 0 Å². The second-order valence-corrected chi connectivity index (χ2v) is 3.59. The average Bonchev–Trinajstić information content (AvgIpc) is 2.39. The van der Waals surface area contributed by atoms with Crippen LogP contribution in [0.2, 0.25) is 0 Å². The lowest BCUT2D eigenvalue weighted by molar-refractivity contribution is 1.10. The van der Waals surface area contributed by atoms with Gasteiger partial charge in [-0.25, -0.2) is 4.98 Å². The number of hydrogen-bond acceptors (Lipinski definition) is 4. The van der Waals surface area contributed by atoms with E-state index in [1.54, 1.807) is 12.1 Å². The van der Waals surface area contributed by atoms with Gasteiger partial charge in [-0.3, -0.25) is 0 Å². The van der Waals surface area contributed by atoms with Crippen molar-refractivity contribution in [1.82, 2.24) is 4.98 Å². The van der Waals surface area contributed by atoms with Gasteiger partial charge in [-0.1, -0.05) is 30.3 Å². The van der Waals surface area contributed by atoms with E-state index in [1.807, 2.05) is 36.4 Å². The number of nitrogens with one attached hydrogen (secondary N) is 1. The van der Waals surface area contributed by atoms with Gasteiger partial charge in [0, 0.05) is 6.54 Å². The number of aromatic nitrogens is 1. The number of nitrogens with two attached hydrogens (primary N) is 1. The Bertz CT molecular complexity index is 543. The Labute approximate surface area is 99.7 Å². The highest BCUT2D eigenvalue weighted by Gasteiger charge is 2.01. The van der Waals surface area contributed by atoms with Gasteiger partial charge in [0.15, 0.2) is 5.69 Å². The van der Waals surface area contributed by atoms with Crippen LogP contribution in [-0.4, -0.2) is 4.98 Å². The minimum atomic E-state index is 0.253. The Kier molecular flexibility index (Phi) is 3.22. The molecule has 0 atom stereocenters. The highest BCUT2D eigenvalue weighted by atomic mass is 15.0. The van der Waals surface area contributed by atoms with Crippen molar-refractivity contribution in [3.8, 4) is 6.07 Å². The number of rotatable bonds is 3. The minimum Gasteiger partial charge on any atom is -0.396 e. The summed E-state index contributed by atoms with van der Waals surface area (Å²) in [6.07, 6.45) is 0. The van der Waals surface area contributed by atoms with E-state index in [2.05, 4.69) is 10.3 Å². The lowest BCUT2D eigenvalue weighted by Crippen LogP contribution is -2.03. The lowest BCUT2D eigenvalue weighted by atomic mass is 10.2. The molecule has 0 unspecified atom stereocenters. The molecule has 0 aliphatic heterocycles. The third-order valence-corrected chi connectivity index (χ3v) is 2.35. The first kappa shape index (κ1) is 11.0. The van der Waals surface area contributed by atoms with E-state index in [9.17, 15) is 0 Å². The molecule has 4 heteroatoms. The van der Waals surface area contributed by atoms with Crippen molar-refractivity contribution in [2.75, 3.05) is 11.1 Å². The van der Waals surface area contributed by atoms with Crippen LogP contribution in [0.25, 0.3) is 0 Å². The molecule has 0 spiro atoms. The van der Waals surface area contributed by atoms with Crippen molar-refractivity contribution >= 4 is 11.5 Å². The SMILES string of the molecule is N#Cc1nc(NCc2ccccc2)ccc1N. The Balaban J connectivity index is 2.08. The van der Waals surface area contributed by atoms with Crippen LogP contribution in [0.4, 0.5) is 11.5 Å². The summed E-state index contributed by atoms with van der Waals surface area (Å²) in [5.41, 5.74) is 7.41. The van der Waals surface area contributed by atoms with Gasteiger partial charge in [-0.2, -0.15) is 5.26 Å². The third-order valence-electron chi connectivity index (χ3n) is 2.35. The van der Waals surface area contributed by atoms with Gasteiger partial charge in [0.05, 0.1) is 5.69 Å². The fourth-order valence-electron chi connectivity index (χ4n) is 1.45. The number of benzene rings is 1. The third kappa shape index (κ3) is 2.73. The molecule has 4 nitrogen and oxygen atoms in total. The molecular weight excluding hydrogens is 212 g/mol. The molecule has 1 aromatic carbocycles. The first-order valence-corrected chi connectivity index (χ1v) is 5.24. The summed E-state index contributed by atoms with van der Waals surface area (Å²) < 4.78 is 0. The molecule has 2 aromatic rings. The van der Waals surface area contributed by atoms with Gasteiger partial charge in [-0.15, -0.1) is 0 Å². The molecular formula is C13H12N4. The minimum absolute atomic E-state index is 0.253. The Hall–Kier alpha value is -2.54. The predicted octanol–water partition coefficient (Wildman–Crippen LogP) is 2.15. The number of nitrogen functional groups attached to an aromatic ring is 1. The van der Waals surface area contributed by atoms with Crippen LogP contribution in [0.3, 0.4) is 0 Å². The van der Waals surface area contributed by atoms with Crippen LogP contribution in [0.5, 0.6) is 0 Å². The molecule has 3 N–H and O–H groups in total. The van der Waals surface area contributed by atoms with Crippen LogP contribution in [-0.2, 0) is 6.54 Å². The predicted molar refractivity (Wildman–Crippen MR) is 67.1 cm³/mol. The van der Waals surface area contributed by atoms with Crippen LogP contribution in [0.1, 0.15) is 11.3 Å². The van der Waals surface area contributed by atoms with Gasteiger partial charge in [-0.05, 0) is 17.7 Å². The maximum atomic E-state index is 8.81. The summed E-state index contributed by atoms with van der Waals surface area (Å²) >= 11 is 0. The topological polar surface area (TPSA) is 74.7 Å². The molecule has 0 bridgehead atoms. The van der Waals surface area contributed by atoms with E-state index in [0.29, 0.717) is 18.1 Å². The smallest absolute Gasteiger partial charge is 0.165 e. The number of nitriles is 1. The second kappa shape index (κ2) is 4.99. The van der Waals surface area contributed by atoms with Crippen LogP contribution in [0.15, 0.2) is 42.5 Å². The average molecular weight is 224 g/mol. The standard InChI is InChI=1S/C13H12N4/c14-8-12-11(15)6-7-13(17-12)16-9-10-4-2-1-3-5-10/h1-7H,9,15H2,(H,16,17). The number of nitrogens with zero attached hydrogens (tertiary/aromatic N) is 2. The van der Waals surface area contributed by atoms with Crippen molar-refractivity contribution in [3.05, 3.63) is 53.7 Å². The van der Waals surface area contributed by atoms with Gasteiger partial charge >= 0.3 is 0 Å². The van der Waals surface area contributed by atoms with Crippen LogP contribution in [0, 0.1) is 11.3 Å². The summed E-state index contributed by atoms with van der Waals surface area (Å²) in [5.74, 6) is 0.652. The summed E-state index contributed by atoms with van der Waals surface area (Å²) in [5, 5.41) is 12.0. The van der Waals surface area contributed by atoms with E-state index in [4.69, 9.17) is 11.0 Å². The Morgan fingerprint density at radius 3 is 2.65 bits per heavy atom. The number of pyridine rings is 1. The monoisotopic (exact) mass is 224 g/mol. The Morgan fingerprint density at radius 2 is 1.94 bits per heavy atom. The molecule has 0 saturated heterocycles. The summed E-state index contributed by atoms with van der Waals surface area (Å²) in [6, 6.07) is 15.4. The first-order chi connectivity index (χ1) is 8.29. The van der Waals surface area contributed by atoms with E-state index >= 15 is 0 Å². The molecule has 0 aliphatic carbocycles. The molecule has 1 heterocycles. The second-order valence-electron chi connectivity index (χ2n) is 3.59. The summed E-state index contributed by atoms with van der Waals surface area (Å²) in [4.78, 5) is 4.11. The molecule has 0 aliphatic rings. The molecule has 2 rings (SSSR count). The maximum Gasteiger partial charge on any atom is 0.165 e. The highest BCUT2D eigenvalue weighted by Crippen LogP contribution is 2.12. The largest absolute Gasteiger partial charge is 0.396 e. The number of hydrogen-bond donors (Lipinski definition) is 2. The van der Waals surface area contributed by atoms with Gasteiger partial charge < -0.3 is 11.1 Å². The Morgan fingerprint density at radius 1 is 1.18 bits per heavy atom. The molecule has 17 heavy (non-hydrogen) atoms. The van der Waals surface area contributed by atoms with Gasteiger partial charge in [0.1, 0.15) is 11.9 Å². The fourth-order valence-corrected chi connectivity index (χ4v) is 1.45. The molecule has 1 aromatic heterocycles. The molecule has 0 radical (unpaired) electrons. The van der Waals surface area contributed by atoms with E-state index in [0.717, 1.165) is 5.56 Å². The first-order valence-electron chi connectivity index (χ1n) is 5.24. The quantitative estimate of drug-likeness (QED) is 0.837. The van der Waals surface area contributed by atoms with Crippen molar-refractivity contribution in [1.29, 1.82) is 5.26 Å². The van der Waals surface area contributed by atoms with Crippen LogP contribution < -0.4 is 11.1 Å². The fraction of sp³-hybridized carbons (Fsp3) is 0.0769. The van der Waals surface area contributed by atoms with Crippen LogP contribution >= 0.6 is 0 Å². The molecule has 0 saturated carbocycles. The van der Waals surface area contributed by atoms with E-state index in [-0.39, 0.29) is 5.69 Å². The number of anilines is 2. The van der Waals surface area contributed by atoms with Crippen molar-refractivity contribution in [2.45, 2.75) is 6.54 Å². The zero-order chi connectivity index (χ0) is 12.1. The highest BCUT2D eigenvalue weighted by molar-refractivity contribution is 5.54. The lowest BCUT2D eigenvalue weighted by Gasteiger charge is -2.06. The van der Waals surface area contributed by atoms with E-state index in [1.165, 1.54) is 0 Å². The van der Waals surface area contributed by atoms with Gasteiger partial charge in [0.2, 0.25) is 0 Å².